The van der Waals surface area contributed by atoms with E-state index in [1.165, 1.54) is 11.8 Å². The summed E-state index contributed by atoms with van der Waals surface area (Å²) in [7, 11) is 0. The molecule has 0 N–H and O–H groups in total. The zero-order valence-electron chi connectivity index (χ0n) is 13.7. The van der Waals surface area contributed by atoms with Crippen molar-refractivity contribution in [1.82, 2.24) is 35.1 Å². The second kappa shape index (κ2) is 7.56. The van der Waals surface area contributed by atoms with Crippen LogP contribution in [0.5, 0.6) is 0 Å². The van der Waals surface area contributed by atoms with Crippen molar-refractivity contribution in [3.63, 3.8) is 0 Å². The number of carbonyl (C=O) groups is 1. The van der Waals surface area contributed by atoms with Gasteiger partial charge in [0.2, 0.25) is 17.0 Å². The highest BCUT2D eigenvalue weighted by Gasteiger charge is 2.23. The minimum atomic E-state index is 0.104. The lowest BCUT2D eigenvalue weighted by atomic mass is 10.3. The molecule has 0 saturated carbocycles. The van der Waals surface area contributed by atoms with E-state index in [-0.39, 0.29) is 11.9 Å². The maximum atomic E-state index is 12.4. The largest absolute Gasteiger partial charge is 0.338 e. The fourth-order valence-corrected chi connectivity index (χ4v) is 3.34. The summed E-state index contributed by atoms with van der Waals surface area (Å²) in [4.78, 5) is 24.9. The molecule has 24 heavy (non-hydrogen) atoms. The fourth-order valence-electron chi connectivity index (χ4n) is 2.43. The molecule has 1 fully saturated rings. The number of hydrogen-bond acceptors (Lipinski definition) is 8. The monoisotopic (exact) mass is 348 g/mol. The van der Waals surface area contributed by atoms with Crippen LogP contribution < -0.4 is 4.90 Å². The highest BCUT2D eigenvalue weighted by molar-refractivity contribution is 7.99. The van der Waals surface area contributed by atoms with E-state index in [9.17, 15) is 4.79 Å². The SMILES string of the molecule is CC(C)n1nnnc1SCC(=O)N1CCN(c2ncccn2)CC1. The number of carbonyl (C=O) groups excluding carboxylic acids is 1. The molecule has 3 heterocycles. The molecule has 10 heteroatoms. The van der Waals surface area contributed by atoms with E-state index in [0.717, 1.165) is 19.0 Å². The molecule has 1 aliphatic heterocycles. The first kappa shape index (κ1) is 16.6. The maximum Gasteiger partial charge on any atom is 0.233 e. The number of tetrazole rings is 1. The molecular weight excluding hydrogens is 328 g/mol. The highest BCUT2D eigenvalue weighted by Crippen LogP contribution is 2.18. The zero-order chi connectivity index (χ0) is 16.9. The Kier molecular flexibility index (Phi) is 5.24. The van der Waals surface area contributed by atoms with Crippen molar-refractivity contribution >= 4 is 23.6 Å². The summed E-state index contributed by atoms with van der Waals surface area (Å²) >= 11 is 1.38. The van der Waals surface area contributed by atoms with Crippen LogP contribution in [0.3, 0.4) is 0 Å². The summed E-state index contributed by atoms with van der Waals surface area (Å²) in [5.74, 6) is 1.16. The average Bonchev–Trinajstić information content (AvgIpc) is 3.09. The molecular formula is C14H20N8OS. The fraction of sp³-hybridized carbons (Fsp3) is 0.571. The molecule has 1 saturated heterocycles. The summed E-state index contributed by atoms with van der Waals surface area (Å²) < 4.78 is 1.72. The van der Waals surface area contributed by atoms with Gasteiger partial charge in [0, 0.05) is 38.6 Å². The van der Waals surface area contributed by atoms with Gasteiger partial charge in [0.25, 0.3) is 0 Å². The molecule has 0 unspecified atom stereocenters. The van der Waals surface area contributed by atoms with E-state index >= 15 is 0 Å². The average molecular weight is 348 g/mol. The summed E-state index contributed by atoms with van der Waals surface area (Å²) in [6.45, 7) is 6.84. The van der Waals surface area contributed by atoms with Gasteiger partial charge >= 0.3 is 0 Å². The molecule has 0 spiro atoms. The Balaban J connectivity index is 1.49. The van der Waals surface area contributed by atoms with Crippen molar-refractivity contribution in [2.75, 3.05) is 36.8 Å². The number of piperazine rings is 1. The minimum Gasteiger partial charge on any atom is -0.338 e. The molecule has 128 valence electrons. The summed E-state index contributed by atoms with van der Waals surface area (Å²) in [6, 6.07) is 1.97. The molecule has 2 aromatic heterocycles. The maximum absolute atomic E-state index is 12.4. The second-order valence-corrected chi connectivity index (χ2v) is 6.65. The summed E-state index contributed by atoms with van der Waals surface area (Å²) in [5, 5.41) is 12.3. The number of rotatable bonds is 5. The van der Waals surface area contributed by atoms with Gasteiger partial charge in [0.05, 0.1) is 11.8 Å². The number of aromatic nitrogens is 6. The first-order valence-electron chi connectivity index (χ1n) is 7.85. The molecule has 0 radical (unpaired) electrons. The third-order valence-corrected chi connectivity index (χ3v) is 4.66. The van der Waals surface area contributed by atoms with E-state index in [2.05, 4.69) is 30.4 Å². The van der Waals surface area contributed by atoms with Crippen molar-refractivity contribution in [2.45, 2.75) is 25.0 Å². The topological polar surface area (TPSA) is 92.9 Å². The number of thioether (sulfide) groups is 1. The number of hydrogen-bond donors (Lipinski definition) is 0. The molecule has 1 aliphatic rings. The van der Waals surface area contributed by atoms with Crippen molar-refractivity contribution in [1.29, 1.82) is 0 Å². The predicted molar refractivity (Wildman–Crippen MR) is 89.8 cm³/mol. The standard InChI is InChI=1S/C14H20N8OS/c1-11(2)22-14(17-18-19-22)24-10-12(23)20-6-8-21(9-7-20)13-15-4-3-5-16-13/h3-5,11H,6-10H2,1-2H3. The lowest BCUT2D eigenvalue weighted by Gasteiger charge is -2.34. The Morgan fingerprint density at radius 1 is 1.21 bits per heavy atom. The molecule has 1 amide bonds. The highest BCUT2D eigenvalue weighted by atomic mass is 32.2. The molecule has 9 nitrogen and oxygen atoms in total. The van der Waals surface area contributed by atoms with Gasteiger partial charge in [-0.3, -0.25) is 4.79 Å². The Labute approximate surface area is 144 Å². The minimum absolute atomic E-state index is 0.104. The van der Waals surface area contributed by atoms with E-state index in [0.29, 0.717) is 24.0 Å². The van der Waals surface area contributed by atoms with Gasteiger partial charge in [-0.1, -0.05) is 11.8 Å². The molecule has 2 aromatic rings. The first-order valence-corrected chi connectivity index (χ1v) is 8.84. The van der Waals surface area contributed by atoms with Crippen molar-refractivity contribution in [2.24, 2.45) is 0 Å². The first-order chi connectivity index (χ1) is 11.6. The van der Waals surface area contributed by atoms with Gasteiger partial charge in [-0.15, -0.1) is 5.10 Å². The third kappa shape index (κ3) is 3.81. The van der Waals surface area contributed by atoms with E-state index in [4.69, 9.17) is 0 Å². The molecule has 0 aromatic carbocycles. The van der Waals surface area contributed by atoms with Gasteiger partial charge in [0.1, 0.15) is 0 Å². The van der Waals surface area contributed by atoms with Crippen LogP contribution in [0.15, 0.2) is 23.6 Å². The summed E-state index contributed by atoms with van der Waals surface area (Å²) in [6.07, 6.45) is 3.46. The lowest BCUT2D eigenvalue weighted by molar-refractivity contribution is -0.128. The van der Waals surface area contributed by atoms with Gasteiger partial charge in [0.15, 0.2) is 0 Å². The van der Waals surface area contributed by atoms with Crippen LogP contribution in [0.1, 0.15) is 19.9 Å². The van der Waals surface area contributed by atoms with Crippen LogP contribution >= 0.6 is 11.8 Å². The van der Waals surface area contributed by atoms with Crippen LogP contribution in [0.4, 0.5) is 5.95 Å². The number of anilines is 1. The smallest absolute Gasteiger partial charge is 0.233 e. The van der Waals surface area contributed by atoms with Crippen LogP contribution in [0.25, 0.3) is 0 Å². The van der Waals surface area contributed by atoms with Gasteiger partial charge in [-0.2, -0.15) is 0 Å². The number of nitrogens with zero attached hydrogens (tertiary/aromatic N) is 8. The molecule has 3 rings (SSSR count). The van der Waals surface area contributed by atoms with Crippen LogP contribution in [0.2, 0.25) is 0 Å². The predicted octanol–water partition coefficient (Wildman–Crippen LogP) is 0.485. The molecule has 0 atom stereocenters. The van der Waals surface area contributed by atoms with Crippen LogP contribution in [-0.2, 0) is 4.79 Å². The van der Waals surface area contributed by atoms with Crippen molar-refractivity contribution < 1.29 is 4.79 Å². The quantitative estimate of drug-likeness (QED) is 0.721. The Hall–Kier alpha value is -2.23. The van der Waals surface area contributed by atoms with Gasteiger partial charge in [-0.25, -0.2) is 14.6 Å². The molecule has 0 aliphatic carbocycles. The Bertz CT molecular complexity index is 668. The summed E-state index contributed by atoms with van der Waals surface area (Å²) in [5.41, 5.74) is 0. The zero-order valence-corrected chi connectivity index (χ0v) is 14.6. The van der Waals surface area contributed by atoms with E-state index in [1.54, 1.807) is 23.1 Å². The lowest BCUT2D eigenvalue weighted by Crippen LogP contribution is -2.49. The van der Waals surface area contributed by atoms with Crippen molar-refractivity contribution in [3.8, 4) is 0 Å². The third-order valence-electron chi connectivity index (χ3n) is 3.74. The second-order valence-electron chi connectivity index (χ2n) is 5.71. The number of amides is 1. The van der Waals surface area contributed by atoms with Crippen molar-refractivity contribution in [3.05, 3.63) is 18.5 Å². The molecule has 0 bridgehead atoms. The van der Waals surface area contributed by atoms with Gasteiger partial charge < -0.3 is 9.80 Å². The Morgan fingerprint density at radius 3 is 2.58 bits per heavy atom. The van der Waals surface area contributed by atoms with Gasteiger partial charge in [-0.05, 0) is 30.3 Å². The normalized spacial score (nSPS) is 15.1. The Morgan fingerprint density at radius 2 is 1.92 bits per heavy atom. The van der Waals surface area contributed by atoms with E-state index < -0.39 is 0 Å². The van der Waals surface area contributed by atoms with Crippen LogP contribution in [-0.4, -0.2) is 72.9 Å². The van der Waals surface area contributed by atoms with Crippen LogP contribution in [0, 0.1) is 0 Å². The van der Waals surface area contributed by atoms with E-state index in [1.807, 2.05) is 18.7 Å².